The first-order chi connectivity index (χ1) is 12.4. The monoisotopic (exact) mass is 488 g/mol. The lowest BCUT2D eigenvalue weighted by atomic mass is 10.1. The summed E-state index contributed by atoms with van der Waals surface area (Å²) >= 11 is 0. The van der Waals surface area contributed by atoms with E-state index in [-0.39, 0.29) is 35.8 Å². The molecule has 0 fully saturated rings. The largest absolute Gasteiger partial charge is 0.361 e. The normalized spacial score (nSPS) is 12.4. The van der Waals surface area contributed by atoms with Crippen LogP contribution in [0, 0.1) is 26.6 Å². The molecule has 0 amide bonds. The zero-order chi connectivity index (χ0) is 19.1. The molecule has 0 radical (unpaired) electrons. The lowest BCUT2D eigenvalue weighted by Crippen LogP contribution is -2.38. The lowest BCUT2D eigenvalue weighted by Gasteiger charge is -2.18. The molecule has 2 aromatic rings. The fourth-order valence-electron chi connectivity index (χ4n) is 2.79. The molecule has 1 aromatic heterocycles. The predicted octanol–water partition coefficient (Wildman–Crippen LogP) is 4.61. The Morgan fingerprint density at radius 2 is 2.04 bits per heavy atom. The van der Waals surface area contributed by atoms with E-state index in [1.807, 2.05) is 33.8 Å². The van der Waals surface area contributed by atoms with Crippen molar-refractivity contribution < 1.29 is 8.91 Å². The van der Waals surface area contributed by atoms with Gasteiger partial charge in [-0.15, -0.1) is 24.0 Å². The maximum Gasteiger partial charge on any atom is 0.191 e. The van der Waals surface area contributed by atoms with E-state index in [0.29, 0.717) is 12.1 Å². The summed E-state index contributed by atoms with van der Waals surface area (Å²) < 4.78 is 19.0. The van der Waals surface area contributed by atoms with E-state index in [0.717, 1.165) is 42.4 Å². The van der Waals surface area contributed by atoms with Crippen LogP contribution in [0.1, 0.15) is 54.5 Å². The van der Waals surface area contributed by atoms with Gasteiger partial charge in [0.1, 0.15) is 11.6 Å². The third-order valence-electron chi connectivity index (χ3n) is 4.43. The minimum absolute atomic E-state index is 0. The molecule has 0 aliphatic rings. The SMILES string of the molecule is CCNC(=NCCCc1c(C)noc1C)NC(C)c1ccc(C)c(F)c1.I. The first-order valence-corrected chi connectivity index (χ1v) is 9.15. The Hall–Kier alpha value is -1.64. The van der Waals surface area contributed by atoms with Crippen LogP contribution in [0.2, 0.25) is 0 Å². The Morgan fingerprint density at radius 1 is 1.30 bits per heavy atom. The number of aliphatic imine (C=N–C) groups is 1. The molecule has 2 rings (SSSR count). The van der Waals surface area contributed by atoms with Crippen LogP contribution in [-0.4, -0.2) is 24.2 Å². The number of halogens is 2. The zero-order valence-corrected chi connectivity index (χ0v) is 19.1. The highest BCUT2D eigenvalue weighted by molar-refractivity contribution is 14.0. The number of benzene rings is 1. The molecule has 0 saturated heterocycles. The van der Waals surface area contributed by atoms with E-state index < -0.39 is 0 Å². The summed E-state index contributed by atoms with van der Waals surface area (Å²) in [6.45, 7) is 11.1. The number of nitrogens with one attached hydrogen (secondary N) is 2. The number of aromatic nitrogens is 1. The van der Waals surface area contributed by atoms with Crippen molar-refractivity contribution in [3.05, 3.63) is 52.2 Å². The molecule has 0 saturated carbocycles. The molecule has 1 aromatic carbocycles. The Morgan fingerprint density at radius 3 is 2.63 bits per heavy atom. The van der Waals surface area contributed by atoms with E-state index in [2.05, 4.69) is 20.8 Å². The smallest absolute Gasteiger partial charge is 0.191 e. The van der Waals surface area contributed by atoms with Gasteiger partial charge in [0, 0.05) is 18.7 Å². The van der Waals surface area contributed by atoms with Crippen LogP contribution in [0.3, 0.4) is 0 Å². The summed E-state index contributed by atoms with van der Waals surface area (Å²) in [5.41, 5.74) is 3.67. The van der Waals surface area contributed by atoms with Crippen LogP contribution in [0.15, 0.2) is 27.7 Å². The molecule has 150 valence electrons. The number of guanidine groups is 1. The molecular weight excluding hydrogens is 458 g/mol. The van der Waals surface area contributed by atoms with Crippen LogP contribution in [0.5, 0.6) is 0 Å². The van der Waals surface area contributed by atoms with Gasteiger partial charge in [-0.2, -0.15) is 0 Å². The van der Waals surface area contributed by atoms with Crippen LogP contribution >= 0.6 is 24.0 Å². The second-order valence-corrected chi connectivity index (χ2v) is 6.54. The second kappa shape index (κ2) is 11.3. The van der Waals surface area contributed by atoms with Gasteiger partial charge in [0.15, 0.2) is 5.96 Å². The van der Waals surface area contributed by atoms with Crippen molar-refractivity contribution in [2.45, 2.75) is 53.5 Å². The van der Waals surface area contributed by atoms with Crippen LogP contribution in [0.4, 0.5) is 4.39 Å². The highest BCUT2D eigenvalue weighted by Gasteiger charge is 2.10. The summed E-state index contributed by atoms with van der Waals surface area (Å²) in [6.07, 6.45) is 1.80. The average molecular weight is 488 g/mol. The average Bonchev–Trinajstić information content (AvgIpc) is 2.92. The standard InChI is InChI=1S/C20H29FN4O.HI/c1-6-22-20(23-11-7-8-18-15(4)25-26-16(18)5)24-14(3)17-10-9-13(2)19(21)12-17;/h9-10,12,14H,6-8,11H2,1-5H3,(H2,22,23,24);1H. The van der Waals surface area contributed by atoms with E-state index in [1.54, 1.807) is 19.1 Å². The summed E-state index contributed by atoms with van der Waals surface area (Å²) in [5, 5.41) is 10.6. The number of aryl methyl sites for hydroxylation is 3. The molecule has 0 aliphatic carbocycles. The molecular formula is C20H30FIN4O. The Kier molecular flexibility index (Phi) is 9.76. The number of hydrogen-bond acceptors (Lipinski definition) is 3. The molecule has 27 heavy (non-hydrogen) atoms. The van der Waals surface area contributed by atoms with Gasteiger partial charge >= 0.3 is 0 Å². The van der Waals surface area contributed by atoms with Crippen LogP contribution in [0.25, 0.3) is 0 Å². The maximum absolute atomic E-state index is 13.8. The van der Waals surface area contributed by atoms with Gasteiger partial charge in [-0.3, -0.25) is 4.99 Å². The van der Waals surface area contributed by atoms with Gasteiger partial charge in [-0.25, -0.2) is 4.39 Å². The number of nitrogens with zero attached hydrogens (tertiary/aromatic N) is 2. The van der Waals surface area contributed by atoms with Crippen molar-refractivity contribution in [1.29, 1.82) is 0 Å². The summed E-state index contributed by atoms with van der Waals surface area (Å²) in [4.78, 5) is 4.63. The van der Waals surface area contributed by atoms with Crippen molar-refractivity contribution >= 4 is 29.9 Å². The topological polar surface area (TPSA) is 62.5 Å². The van der Waals surface area contributed by atoms with Gasteiger partial charge in [-0.05, 0) is 64.7 Å². The number of hydrogen-bond donors (Lipinski definition) is 2. The summed E-state index contributed by atoms with van der Waals surface area (Å²) in [7, 11) is 0. The highest BCUT2D eigenvalue weighted by atomic mass is 127. The Bertz CT molecular complexity index is 741. The van der Waals surface area contributed by atoms with E-state index in [4.69, 9.17) is 4.52 Å². The third-order valence-corrected chi connectivity index (χ3v) is 4.43. The van der Waals surface area contributed by atoms with E-state index >= 15 is 0 Å². The summed E-state index contributed by atoms with van der Waals surface area (Å²) in [5.74, 6) is 1.43. The second-order valence-electron chi connectivity index (χ2n) is 6.54. The minimum atomic E-state index is -0.183. The quantitative estimate of drug-likeness (QED) is 0.259. The first-order valence-electron chi connectivity index (χ1n) is 9.15. The maximum atomic E-state index is 13.8. The van der Waals surface area contributed by atoms with Crippen molar-refractivity contribution in [2.75, 3.05) is 13.1 Å². The van der Waals surface area contributed by atoms with Crippen molar-refractivity contribution in [3.63, 3.8) is 0 Å². The van der Waals surface area contributed by atoms with Gasteiger partial charge in [-0.1, -0.05) is 17.3 Å². The van der Waals surface area contributed by atoms with Gasteiger partial charge < -0.3 is 15.2 Å². The minimum Gasteiger partial charge on any atom is -0.361 e. The molecule has 2 N–H and O–H groups in total. The molecule has 5 nitrogen and oxygen atoms in total. The fourth-order valence-corrected chi connectivity index (χ4v) is 2.79. The van der Waals surface area contributed by atoms with Crippen LogP contribution < -0.4 is 10.6 Å². The summed E-state index contributed by atoms with van der Waals surface area (Å²) in [6, 6.07) is 5.28. The molecule has 1 atom stereocenters. The van der Waals surface area contributed by atoms with Gasteiger partial charge in [0.2, 0.25) is 0 Å². The van der Waals surface area contributed by atoms with E-state index in [9.17, 15) is 4.39 Å². The van der Waals surface area contributed by atoms with Gasteiger partial charge in [0.25, 0.3) is 0 Å². The molecule has 0 aliphatic heterocycles. The highest BCUT2D eigenvalue weighted by Crippen LogP contribution is 2.16. The predicted molar refractivity (Wildman–Crippen MR) is 118 cm³/mol. The van der Waals surface area contributed by atoms with Crippen LogP contribution in [-0.2, 0) is 6.42 Å². The molecule has 0 spiro atoms. The van der Waals surface area contributed by atoms with Crippen molar-refractivity contribution in [3.8, 4) is 0 Å². The fraction of sp³-hybridized carbons (Fsp3) is 0.500. The lowest BCUT2D eigenvalue weighted by molar-refractivity contribution is 0.392. The first kappa shape index (κ1) is 23.4. The molecule has 7 heteroatoms. The zero-order valence-electron chi connectivity index (χ0n) is 16.7. The van der Waals surface area contributed by atoms with Crippen molar-refractivity contribution in [1.82, 2.24) is 15.8 Å². The van der Waals surface area contributed by atoms with Crippen molar-refractivity contribution in [2.24, 2.45) is 4.99 Å². The molecule has 1 unspecified atom stereocenters. The Balaban J connectivity index is 0.00000364. The van der Waals surface area contributed by atoms with Gasteiger partial charge in [0.05, 0.1) is 11.7 Å². The van der Waals surface area contributed by atoms with E-state index in [1.165, 1.54) is 5.56 Å². The molecule has 1 heterocycles. The third kappa shape index (κ3) is 6.79. The number of rotatable bonds is 7. The Labute approximate surface area is 178 Å². The molecule has 0 bridgehead atoms.